The molecule has 0 saturated heterocycles. The lowest BCUT2D eigenvalue weighted by molar-refractivity contribution is -0.121. The molecule has 4 aromatic rings. The predicted octanol–water partition coefficient (Wildman–Crippen LogP) is 3.83. The molecule has 1 heterocycles. The van der Waals surface area contributed by atoms with Crippen molar-refractivity contribution in [2.24, 2.45) is 0 Å². The van der Waals surface area contributed by atoms with Gasteiger partial charge in [-0.2, -0.15) is 0 Å². The van der Waals surface area contributed by atoms with E-state index in [-0.39, 0.29) is 19.0 Å². The number of nitrogens with one attached hydrogen (secondary N) is 1. The van der Waals surface area contributed by atoms with Gasteiger partial charge in [0.15, 0.2) is 0 Å². The smallest absolute Gasteiger partial charge is 0.332 e. The molecule has 0 unspecified atom stereocenters. The highest BCUT2D eigenvalue weighted by Gasteiger charge is 2.15. The normalized spacial score (nSPS) is 10.9. The zero-order valence-electron chi connectivity index (χ0n) is 16.9. The van der Waals surface area contributed by atoms with Gasteiger partial charge >= 0.3 is 5.69 Å². The van der Waals surface area contributed by atoms with Crippen molar-refractivity contribution in [3.63, 3.8) is 0 Å². The minimum atomic E-state index is -0.551. The molecule has 0 radical (unpaired) electrons. The molecule has 0 fully saturated rings. The van der Waals surface area contributed by atoms with Crippen LogP contribution in [-0.2, 0) is 24.4 Å². The number of benzene rings is 3. The number of aromatic nitrogens is 2. The summed E-state index contributed by atoms with van der Waals surface area (Å²) in [6, 6.07) is 20.8. The molecule has 1 aromatic heterocycles. The Morgan fingerprint density at radius 2 is 1.38 bits per heavy atom. The van der Waals surface area contributed by atoms with Crippen LogP contribution in [0.25, 0.3) is 10.9 Å². The molecule has 0 aliphatic rings. The van der Waals surface area contributed by atoms with E-state index in [9.17, 15) is 14.4 Å². The number of amides is 1. The monoisotopic (exact) mass is 467 g/mol. The van der Waals surface area contributed by atoms with Gasteiger partial charge in [-0.05, 0) is 47.5 Å². The van der Waals surface area contributed by atoms with Crippen LogP contribution in [0.2, 0.25) is 10.0 Å². The summed E-state index contributed by atoms with van der Waals surface area (Å²) in [5.74, 6) is -0.344. The topological polar surface area (TPSA) is 73.1 Å². The Morgan fingerprint density at radius 1 is 0.781 bits per heavy atom. The minimum absolute atomic E-state index is 0.0755. The summed E-state index contributed by atoms with van der Waals surface area (Å²) in [4.78, 5) is 38.9. The van der Waals surface area contributed by atoms with E-state index in [1.54, 1.807) is 60.7 Å². The lowest BCUT2D eigenvalue weighted by atomic mass is 10.2. The maximum absolute atomic E-state index is 13.2. The summed E-state index contributed by atoms with van der Waals surface area (Å²) in [5, 5.41) is 4.35. The van der Waals surface area contributed by atoms with E-state index in [0.29, 0.717) is 27.5 Å². The summed E-state index contributed by atoms with van der Waals surface area (Å²) in [6.07, 6.45) is 0. The summed E-state index contributed by atoms with van der Waals surface area (Å²) < 4.78 is 2.46. The van der Waals surface area contributed by atoms with E-state index in [4.69, 9.17) is 23.2 Å². The molecular weight excluding hydrogens is 449 g/mol. The van der Waals surface area contributed by atoms with Crippen molar-refractivity contribution in [2.75, 3.05) is 0 Å². The fourth-order valence-electron chi connectivity index (χ4n) is 3.44. The zero-order chi connectivity index (χ0) is 22.7. The second-order valence-electron chi connectivity index (χ2n) is 7.31. The Hall–Kier alpha value is -3.35. The first kappa shape index (κ1) is 21.9. The number of nitrogens with zero attached hydrogens (tertiary/aromatic N) is 2. The van der Waals surface area contributed by atoms with Gasteiger partial charge in [-0.1, -0.05) is 59.6 Å². The third kappa shape index (κ3) is 4.77. The summed E-state index contributed by atoms with van der Waals surface area (Å²) in [6.45, 7) is 0.160. The van der Waals surface area contributed by atoms with Gasteiger partial charge in [0.05, 0.1) is 17.4 Å². The van der Waals surface area contributed by atoms with E-state index in [0.717, 1.165) is 15.7 Å². The third-order valence-electron chi connectivity index (χ3n) is 5.09. The molecule has 4 rings (SSSR count). The van der Waals surface area contributed by atoms with Crippen molar-refractivity contribution < 1.29 is 4.79 Å². The highest BCUT2D eigenvalue weighted by atomic mass is 35.5. The van der Waals surface area contributed by atoms with Gasteiger partial charge in [-0.15, -0.1) is 0 Å². The van der Waals surface area contributed by atoms with Crippen molar-refractivity contribution in [3.05, 3.63) is 115 Å². The molecule has 3 aromatic carbocycles. The summed E-state index contributed by atoms with van der Waals surface area (Å²) in [7, 11) is 0. The third-order valence-corrected chi connectivity index (χ3v) is 5.59. The maximum atomic E-state index is 13.2. The summed E-state index contributed by atoms with van der Waals surface area (Å²) >= 11 is 11.8. The maximum Gasteiger partial charge on any atom is 0.332 e. The Bertz CT molecular complexity index is 1390. The fourth-order valence-corrected chi connectivity index (χ4v) is 3.69. The van der Waals surface area contributed by atoms with Crippen molar-refractivity contribution in [2.45, 2.75) is 19.6 Å². The van der Waals surface area contributed by atoms with Crippen LogP contribution < -0.4 is 16.6 Å². The number of carbonyl (C=O) groups excluding carboxylic acids is 1. The molecule has 0 aliphatic heterocycles. The van der Waals surface area contributed by atoms with Crippen LogP contribution in [0.4, 0.5) is 0 Å². The van der Waals surface area contributed by atoms with Crippen LogP contribution in [0.15, 0.2) is 82.4 Å². The van der Waals surface area contributed by atoms with Gasteiger partial charge in [0.2, 0.25) is 5.91 Å². The predicted molar refractivity (Wildman–Crippen MR) is 126 cm³/mol. The molecule has 0 saturated carbocycles. The Morgan fingerprint density at radius 3 is 2.03 bits per heavy atom. The van der Waals surface area contributed by atoms with Gasteiger partial charge in [-0.3, -0.25) is 18.7 Å². The largest absolute Gasteiger partial charge is 0.350 e. The number of para-hydroxylation sites is 1. The van der Waals surface area contributed by atoms with Crippen LogP contribution in [-0.4, -0.2) is 15.0 Å². The Labute approximate surface area is 193 Å². The van der Waals surface area contributed by atoms with Gasteiger partial charge < -0.3 is 5.32 Å². The van der Waals surface area contributed by atoms with Gasteiger partial charge in [0.1, 0.15) is 6.54 Å². The second kappa shape index (κ2) is 9.42. The highest BCUT2D eigenvalue weighted by molar-refractivity contribution is 6.30. The zero-order valence-corrected chi connectivity index (χ0v) is 18.4. The standard InChI is InChI=1S/C24H19Cl2N3O3/c25-18-9-5-16(6-10-18)13-27-22(30)15-28-21-4-2-1-3-20(21)23(31)29(24(28)32)14-17-7-11-19(26)12-8-17/h1-12H,13-15H2,(H,27,30). The molecule has 0 aliphatic carbocycles. The molecular formula is C24H19Cl2N3O3. The first-order chi connectivity index (χ1) is 15.4. The van der Waals surface area contributed by atoms with Gasteiger partial charge in [0.25, 0.3) is 5.56 Å². The SMILES string of the molecule is O=C(Cn1c(=O)n(Cc2ccc(Cl)cc2)c(=O)c2ccccc21)NCc1ccc(Cl)cc1. The molecule has 8 heteroatoms. The minimum Gasteiger partial charge on any atom is -0.350 e. The molecule has 0 bridgehead atoms. The lowest BCUT2D eigenvalue weighted by Crippen LogP contribution is -2.42. The van der Waals surface area contributed by atoms with E-state index in [1.165, 1.54) is 4.57 Å². The van der Waals surface area contributed by atoms with E-state index >= 15 is 0 Å². The van der Waals surface area contributed by atoms with Crippen LogP contribution in [0.1, 0.15) is 11.1 Å². The number of hydrogen-bond donors (Lipinski definition) is 1. The molecule has 32 heavy (non-hydrogen) atoms. The van der Waals surface area contributed by atoms with Crippen LogP contribution in [0.3, 0.4) is 0 Å². The number of rotatable bonds is 6. The molecule has 1 amide bonds. The number of hydrogen-bond acceptors (Lipinski definition) is 3. The molecule has 0 atom stereocenters. The van der Waals surface area contributed by atoms with Gasteiger partial charge in [0, 0.05) is 16.6 Å². The van der Waals surface area contributed by atoms with E-state index < -0.39 is 11.2 Å². The Kier molecular flexibility index (Phi) is 6.44. The second-order valence-corrected chi connectivity index (χ2v) is 8.18. The molecule has 0 spiro atoms. The highest BCUT2D eigenvalue weighted by Crippen LogP contribution is 2.12. The van der Waals surface area contributed by atoms with Crippen molar-refractivity contribution >= 4 is 40.0 Å². The van der Waals surface area contributed by atoms with Crippen LogP contribution >= 0.6 is 23.2 Å². The Balaban J connectivity index is 1.66. The number of halogens is 2. The molecule has 162 valence electrons. The lowest BCUT2D eigenvalue weighted by Gasteiger charge is -2.14. The number of carbonyl (C=O) groups is 1. The van der Waals surface area contributed by atoms with Crippen LogP contribution in [0.5, 0.6) is 0 Å². The average Bonchev–Trinajstić information content (AvgIpc) is 2.80. The summed E-state index contributed by atoms with van der Waals surface area (Å²) in [5.41, 5.74) is 1.09. The van der Waals surface area contributed by atoms with Gasteiger partial charge in [-0.25, -0.2) is 4.79 Å². The van der Waals surface area contributed by atoms with Crippen LogP contribution in [0, 0.1) is 0 Å². The fraction of sp³-hybridized carbons (Fsp3) is 0.125. The average molecular weight is 468 g/mol. The van der Waals surface area contributed by atoms with E-state index in [1.807, 2.05) is 12.1 Å². The number of fused-ring (bicyclic) bond motifs is 1. The first-order valence-corrected chi connectivity index (χ1v) is 10.7. The molecule has 1 N–H and O–H groups in total. The van der Waals surface area contributed by atoms with Crippen molar-refractivity contribution in [3.8, 4) is 0 Å². The van der Waals surface area contributed by atoms with Crippen molar-refractivity contribution in [1.82, 2.24) is 14.5 Å². The first-order valence-electron chi connectivity index (χ1n) is 9.90. The van der Waals surface area contributed by atoms with E-state index in [2.05, 4.69) is 5.32 Å². The van der Waals surface area contributed by atoms with Crippen molar-refractivity contribution in [1.29, 1.82) is 0 Å². The molecule has 6 nitrogen and oxygen atoms in total. The quantitative estimate of drug-likeness (QED) is 0.468.